The second-order valence-electron chi connectivity index (χ2n) is 4.50. The Morgan fingerprint density at radius 3 is 2.47 bits per heavy atom. The lowest BCUT2D eigenvalue weighted by molar-refractivity contribution is 0.0698. The highest BCUT2D eigenvalue weighted by Gasteiger charge is 2.10. The van der Waals surface area contributed by atoms with Crippen LogP contribution in [0.4, 0.5) is 11.4 Å². The molecular formula is C15H14BrNO2. The van der Waals surface area contributed by atoms with Crippen molar-refractivity contribution < 1.29 is 9.90 Å². The number of benzene rings is 2. The molecule has 2 aromatic carbocycles. The van der Waals surface area contributed by atoms with Crippen LogP contribution >= 0.6 is 15.9 Å². The number of aryl methyl sites for hydroxylation is 2. The number of rotatable bonds is 3. The minimum Gasteiger partial charge on any atom is -0.478 e. The zero-order valence-corrected chi connectivity index (χ0v) is 12.3. The third kappa shape index (κ3) is 3.35. The van der Waals surface area contributed by atoms with Crippen LogP contribution in [0.25, 0.3) is 0 Å². The molecule has 0 aromatic heterocycles. The van der Waals surface area contributed by atoms with Gasteiger partial charge in [-0.25, -0.2) is 4.79 Å². The van der Waals surface area contributed by atoms with Crippen LogP contribution in [-0.2, 0) is 0 Å². The first-order valence-corrected chi connectivity index (χ1v) is 6.63. The molecule has 0 spiro atoms. The van der Waals surface area contributed by atoms with Crippen LogP contribution < -0.4 is 5.32 Å². The topological polar surface area (TPSA) is 49.3 Å². The van der Waals surface area contributed by atoms with Gasteiger partial charge in [-0.05, 0) is 49.7 Å². The van der Waals surface area contributed by atoms with E-state index in [1.807, 2.05) is 38.1 Å². The van der Waals surface area contributed by atoms with Crippen LogP contribution in [0.3, 0.4) is 0 Å². The Hall–Kier alpha value is -1.81. The van der Waals surface area contributed by atoms with Crippen molar-refractivity contribution in [2.45, 2.75) is 13.8 Å². The van der Waals surface area contributed by atoms with Gasteiger partial charge in [-0.1, -0.05) is 27.6 Å². The molecule has 0 saturated heterocycles. The average molecular weight is 320 g/mol. The second kappa shape index (κ2) is 5.45. The highest BCUT2D eigenvalue weighted by Crippen LogP contribution is 2.25. The van der Waals surface area contributed by atoms with Gasteiger partial charge >= 0.3 is 5.97 Å². The van der Waals surface area contributed by atoms with Gasteiger partial charge in [-0.15, -0.1) is 0 Å². The molecule has 19 heavy (non-hydrogen) atoms. The Balaban J connectivity index is 2.40. The van der Waals surface area contributed by atoms with Crippen LogP contribution in [0.2, 0.25) is 0 Å². The van der Waals surface area contributed by atoms with E-state index in [1.165, 1.54) is 0 Å². The molecule has 0 amide bonds. The summed E-state index contributed by atoms with van der Waals surface area (Å²) in [5.41, 5.74) is 3.75. The fourth-order valence-corrected chi connectivity index (χ4v) is 2.52. The molecule has 2 N–H and O–H groups in total. The molecule has 0 atom stereocenters. The lowest BCUT2D eigenvalue weighted by atomic mass is 10.1. The van der Waals surface area contributed by atoms with E-state index in [4.69, 9.17) is 0 Å². The molecule has 0 aliphatic rings. The molecule has 0 aliphatic carbocycles. The molecular weight excluding hydrogens is 306 g/mol. The number of hydrogen-bond donors (Lipinski definition) is 2. The van der Waals surface area contributed by atoms with Crippen molar-refractivity contribution in [3.63, 3.8) is 0 Å². The first-order chi connectivity index (χ1) is 8.95. The Morgan fingerprint density at radius 2 is 1.84 bits per heavy atom. The molecule has 4 heteroatoms. The number of nitrogens with one attached hydrogen (secondary N) is 1. The lowest BCUT2D eigenvalue weighted by Gasteiger charge is -2.11. The molecule has 0 heterocycles. The number of halogens is 1. The molecule has 2 rings (SSSR count). The standard InChI is InChI=1S/C15H14BrNO2/c1-9-3-4-14(13(7-9)15(18)19)17-12-6-10(2)5-11(16)8-12/h3-8,17H,1-2H3,(H,18,19). The predicted molar refractivity (Wildman–Crippen MR) is 80.3 cm³/mol. The third-order valence-corrected chi connectivity index (χ3v) is 3.18. The Kier molecular flexibility index (Phi) is 3.90. The van der Waals surface area contributed by atoms with Crippen molar-refractivity contribution in [1.82, 2.24) is 0 Å². The number of carboxylic acids is 1. The van der Waals surface area contributed by atoms with E-state index in [2.05, 4.69) is 21.2 Å². The van der Waals surface area contributed by atoms with Gasteiger partial charge in [-0.2, -0.15) is 0 Å². The fraction of sp³-hybridized carbons (Fsp3) is 0.133. The van der Waals surface area contributed by atoms with Crippen molar-refractivity contribution in [2.75, 3.05) is 5.32 Å². The summed E-state index contributed by atoms with van der Waals surface area (Å²) in [6.07, 6.45) is 0. The van der Waals surface area contributed by atoms with Crippen molar-refractivity contribution >= 4 is 33.3 Å². The van der Waals surface area contributed by atoms with E-state index in [0.29, 0.717) is 5.69 Å². The first kappa shape index (κ1) is 13.6. The van der Waals surface area contributed by atoms with E-state index < -0.39 is 5.97 Å². The van der Waals surface area contributed by atoms with Gasteiger partial charge in [0.15, 0.2) is 0 Å². The monoisotopic (exact) mass is 319 g/mol. The van der Waals surface area contributed by atoms with E-state index in [0.717, 1.165) is 21.3 Å². The smallest absolute Gasteiger partial charge is 0.337 e. The van der Waals surface area contributed by atoms with Gasteiger partial charge in [0, 0.05) is 10.2 Å². The molecule has 0 aliphatic heterocycles. The molecule has 0 fully saturated rings. The number of hydrogen-bond acceptors (Lipinski definition) is 2. The largest absolute Gasteiger partial charge is 0.478 e. The first-order valence-electron chi connectivity index (χ1n) is 5.84. The Morgan fingerprint density at radius 1 is 1.11 bits per heavy atom. The SMILES string of the molecule is Cc1cc(Br)cc(Nc2ccc(C)cc2C(=O)O)c1. The van der Waals surface area contributed by atoms with Gasteiger partial charge < -0.3 is 10.4 Å². The van der Waals surface area contributed by atoms with Crippen molar-refractivity contribution in [2.24, 2.45) is 0 Å². The van der Waals surface area contributed by atoms with Gasteiger partial charge in [0.25, 0.3) is 0 Å². The molecule has 0 saturated carbocycles. The van der Waals surface area contributed by atoms with E-state index >= 15 is 0 Å². The molecule has 0 bridgehead atoms. The minimum absolute atomic E-state index is 0.276. The summed E-state index contributed by atoms with van der Waals surface area (Å²) in [6.45, 7) is 3.86. The maximum atomic E-state index is 11.2. The number of anilines is 2. The zero-order chi connectivity index (χ0) is 14.0. The summed E-state index contributed by atoms with van der Waals surface area (Å²) in [7, 11) is 0. The van der Waals surface area contributed by atoms with Crippen LogP contribution in [-0.4, -0.2) is 11.1 Å². The second-order valence-corrected chi connectivity index (χ2v) is 5.41. The maximum Gasteiger partial charge on any atom is 0.337 e. The Bertz CT molecular complexity index is 618. The van der Waals surface area contributed by atoms with Crippen LogP contribution in [0.15, 0.2) is 40.9 Å². The fourth-order valence-electron chi connectivity index (χ4n) is 1.91. The van der Waals surface area contributed by atoms with Gasteiger partial charge in [0.2, 0.25) is 0 Å². The van der Waals surface area contributed by atoms with E-state index in [1.54, 1.807) is 12.1 Å². The number of carboxylic acid groups (broad SMARTS) is 1. The number of carbonyl (C=O) groups is 1. The van der Waals surface area contributed by atoms with Crippen LogP contribution in [0.1, 0.15) is 21.5 Å². The van der Waals surface area contributed by atoms with Crippen LogP contribution in [0.5, 0.6) is 0 Å². The van der Waals surface area contributed by atoms with Gasteiger partial charge in [-0.3, -0.25) is 0 Å². The third-order valence-electron chi connectivity index (χ3n) is 2.73. The summed E-state index contributed by atoms with van der Waals surface area (Å²) >= 11 is 3.43. The minimum atomic E-state index is -0.932. The highest BCUT2D eigenvalue weighted by molar-refractivity contribution is 9.10. The number of aromatic carboxylic acids is 1. The van der Waals surface area contributed by atoms with Gasteiger partial charge in [0.05, 0.1) is 11.3 Å². The van der Waals surface area contributed by atoms with Gasteiger partial charge in [0.1, 0.15) is 0 Å². The Labute approximate surface area is 120 Å². The highest BCUT2D eigenvalue weighted by atomic mass is 79.9. The summed E-state index contributed by atoms with van der Waals surface area (Å²) < 4.78 is 0.957. The van der Waals surface area contributed by atoms with Crippen molar-refractivity contribution in [3.05, 3.63) is 57.6 Å². The molecule has 3 nitrogen and oxygen atoms in total. The molecule has 98 valence electrons. The quantitative estimate of drug-likeness (QED) is 0.875. The average Bonchev–Trinajstić information content (AvgIpc) is 2.30. The molecule has 2 aromatic rings. The maximum absolute atomic E-state index is 11.2. The normalized spacial score (nSPS) is 10.3. The van der Waals surface area contributed by atoms with Crippen LogP contribution in [0, 0.1) is 13.8 Å². The molecule has 0 unspecified atom stereocenters. The summed E-state index contributed by atoms with van der Waals surface area (Å²) in [4.78, 5) is 11.2. The molecule has 0 radical (unpaired) electrons. The summed E-state index contributed by atoms with van der Waals surface area (Å²) in [5.74, 6) is -0.932. The predicted octanol–water partition coefficient (Wildman–Crippen LogP) is 4.51. The van der Waals surface area contributed by atoms with E-state index in [-0.39, 0.29) is 5.56 Å². The summed E-state index contributed by atoms with van der Waals surface area (Å²) in [6, 6.07) is 11.2. The summed E-state index contributed by atoms with van der Waals surface area (Å²) in [5, 5.41) is 12.4. The van der Waals surface area contributed by atoms with E-state index in [9.17, 15) is 9.90 Å². The lowest BCUT2D eigenvalue weighted by Crippen LogP contribution is -2.03. The van der Waals surface area contributed by atoms with Crippen molar-refractivity contribution in [1.29, 1.82) is 0 Å². The van der Waals surface area contributed by atoms with Crippen molar-refractivity contribution in [3.8, 4) is 0 Å². The zero-order valence-electron chi connectivity index (χ0n) is 10.7.